The van der Waals surface area contributed by atoms with Crippen LogP contribution in [0.2, 0.25) is 0 Å². The van der Waals surface area contributed by atoms with Crippen molar-refractivity contribution in [3.05, 3.63) is 35.3 Å². The Hall–Kier alpha value is -3.15. The first-order chi connectivity index (χ1) is 20.4. The predicted octanol–water partition coefficient (Wildman–Crippen LogP) is 3.45. The van der Waals surface area contributed by atoms with Crippen LogP contribution in [0.5, 0.6) is 11.8 Å². The smallest absolute Gasteiger partial charge is 0.319 e. The molecule has 4 fully saturated rings. The van der Waals surface area contributed by atoms with Gasteiger partial charge in [0.1, 0.15) is 35.6 Å². The van der Waals surface area contributed by atoms with Crippen LogP contribution in [0, 0.1) is 5.82 Å². The molecule has 5 atom stereocenters. The van der Waals surface area contributed by atoms with Gasteiger partial charge in [-0.15, -0.1) is 0 Å². The van der Waals surface area contributed by atoms with Crippen molar-refractivity contribution in [2.45, 2.75) is 74.7 Å². The number of phenolic OH excluding ortho intramolecular Hbond substituents is 1. The lowest BCUT2D eigenvalue weighted by Crippen LogP contribution is -2.51. The summed E-state index contributed by atoms with van der Waals surface area (Å²) in [6.45, 7) is 2.94. The average molecular weight is 579 g/mol. The second kappa shape index (κ2) is 9.96. The van der Waals surface area contributed by atoms with E-state index < -0.39 is 12.0 Å². The summed E-state index contributed by atoms with van der Waals surface area (Å²) in [5, 5.41) is 24.7. The third-order valence-corrected chi connectivity index (χ3v) is 10.3. The molecule has 4 saturated heterocycles. The highest BCUT2D eigenvalue weighted by molar-refractivity contribution is 5.92. The highest BCUT2D eigenvalue weighted by Gasteiger charge is 2.49. The first-order valence-electron chi connectivity index (χ1n) is 15.3. The fourth-order valence-electron chi connectivity index (χ4n) is 8.37. The zero-order valence-corrected chi connectivity index (χ0v) is 23.5. The number of hydrogen-bond donors (Lipinski definition) is 3. The first-order valence-corrected chi connectivity index (χ1v) is 15.3. The molecular weight excluding hydrogens is 542 g/mol. The van der Waals surface area contributed by atoms with E-state index in [0.29, 0.717) is 48.2 Å². The van der Waals surface area contributed by atoms with Crippen molar-refractivity contribution >= 4 is 16.7 Å². The van der Waals surface area contributed by atoms with Gasteiger partial charge in [-0.25, -0.2) is 8.78 Å². The standard InChI is InChI=1S/C31H36F2N6O3/c32-19-10-31(6-1-7-39(31)12-19)16-42-30-36-28-24(29(37-30)38-13-20-4-5-21(14-38)35-20)11-34-27(26(28)33)23-9-22(41)8-17-2-3-18(15-40)25(17)23/h8-9,11,18-21,35,40-41H,1-7,10,12-16H2/t18?,19-,20-,21+,31+/m1/s1. The lowest BCUT2D eigenvalue weighted by Gasteiger charge is -2.34. The molecule has 1 unspecified atom stereocenters. The number of aryl methyl sites for hydroxylation is 1. The Balaban J connectivity index is 1.23. The number of benzene rings is 1. The highest BCUT2D eigenvalue weighted by Crippen LogP contribution is 2.44. The van der Waals surface area contributed by atoms with Crippen molar-refractivity contribution in [3.8, 4) is 23.0 Å². The maximum absolute atomic E-state index is 16.6. The number of aliphatic hydroxyl groups excluding tert-OH is 1. The highest BCUT2D eigenvalue weighted by atomic mass is 19.1. The molecule has 42 heavy (non-hydrogen) atoms. The molecule has 2 bridgehead atoms. The van der Waals surface area contributed by atoms with E-state index in [1.165, 1.54) is 6.07 Å². The SMILES string of the molecule is OCC1CCc2cc(O)cc(-c3ncc4c(N5C[C@H]6CC[C@@H](C5)N6)nc(OC[C@@]56CCCN5C[C@H](F)C6)nc4c3F)c21. The van der Waals surface area contributed by atoms with E-state index in [4.69, 9.17) is 9.72 Å². The Labute approximate surface area is 242 Å². The van der Waals surface area contributed by atoms with Gasteiger partial charge in [0.2, 0.25) is 0 Å². The van der Waals surface area contributed by atoms with Gasteiger partial charge in [-0.3, -0.25) is 9.88 Å². The van der Waals surface area contributed by atoms with Crippen molar-refractivity contribution in [1.82, 2.24) is 25.2 Å². The summed E-state index contributed by atoms with van der Waals surface area (Å²) in [5.74, 6) is -0.129. The molecule has 3 aromatic rings. The zero-order chi connectivity index (χ0) is 28.6. The number of anilines is 1. The third kappa shape index (κ3) is 4.23. The molecule has 2 aromatic heterocycles. The molecule has 0 spiro atoms. The van der Waals surface area contributed by atoms with Crippen LogP contribution in [0.25, 0.3) is 22.2 Å². The van der Waals surface area contributed by atoms with Gasteiger partial charge < -0.3 is 25.2 Å². The van der Waals surface area contributed by atoms with E-state index in [2.05, 4.69) is 25.1 Å². The molecule has 4 aliphatic heterocycles. The lowest BCUT2D eigenvalue weighted by atomic mass is 9.93. The van der Waals surface area contributed by atoms with E-state index in [0.717, 1.165) is 62.9 Å². The maximum Gasteiger partial charge on any atom is 0.319 e. The molecule has 1 aliphatic carbocycles. The van der Waals surface area contributed by atoms with Crippen LogP contribution < -0.4 is 15.0 Å². The van der Waals surface area contributed by atoms with Gasteiger partial charge >= 0.3 is 6.01 Å². The summed E-state index contributed by atoms with van der Waals surface area (Å²) in [6, 6.07) is 3.98. The Morgan fingerprint density at radius 2 is 1.95 bits per heavy atom. The van der Waals surface area contributed by atoms with Gasteiger partial charge in [0.15, 0.2) is 5.82 Å². The van der Waals surface area contributed by atoms with E-state index in [9.17, 15) is 14.6 Å². The second-order valence-electron chi connectivity index (χ2n) is 12.9. The van der Waals surface area contributed by atoms with Crippen LogP contribution >= 0.6 is 0 Å². The summed E-state index contributed by atoms with van der Waals surface area (Å²) < 4.78 is 37.3. The number of halogens is 2. The fraction of sp³-hybridized carbons (Fsp3) is 0.581. The number of rotatable bonds is 6. The Bertz CT molecular complexity index is 1550. The number of alkyl halides is 1. The quantitative estimate of drug-likeness (QED) is 0.406. The van der Waals surface area contributed by atoms with Gasteiger partial charge in [0.05, 0.1) is 10.9 Å². The molecule has 0 amide bonds. The number of pyridine rings is 1. The topological polar surface area (TPSA) is 107 Å². The fourth-order valence-corrected chi connectivity index (χ4v) is 8.37. The van der Waals surface area contributed by atoms with Gasteiger partial charge in [-0.2, -0.15) is 9.97 Å². The van der Waals surface area contributed by atoms with Crippen molar-refractivity contribution in [1.29, 1.82) is 0 Å². The number of nitrogens with zero attached hydrogens (tertiary/aromatic N) is 5. The number of ether oxygens (including phenoxy) is 1. The van der Waals surface area contributed by atoms with E-state index in [1.807, 2.05) is 0 Å². The maximum atomic E-state index is 16.6. The first kappa shape index (κ1) is 26.5. The second-order valence-corrected chi connectivity index (χ2v) is 12.9. The normalized spacial score (nSPS) is 30.3. The number of nitrogens with one attached hydrogen (secondary N) is 1. The molecule has 5 aliphatic rings. The molecule has 9 nitrogen and oxygen atoms in total. The number of aliphatic hydroxyl groups is 1. The summed E-state index contributed by atoms with van der Waals surface area (Å²) in [7, 11) is 0. The summed E-state index contributed by atoms with van der Waals surface area (Å²) in [6.07, 6.45) is 6.61. The summed E-state index contributed by atoms with van der Waals surface area (Å²) in [4.78, 5) is 18.4. The number of phenols is 1. The van der Waals surface area contributed by atoms with Crippen LogP contribution in [0.1, 0.15) is 55.6 Å². The number of aromatic nitrogens is 3. The molecule has 8 rings (SSSR count). The Morgan fingerprint density at radius 1 is 1.12 bits per heavy atom. The van der Waals surface area contributed by atoms with Crippen molar-refractivity contribution in [3.63, 3.8) is 0 Å². The molecule has 3 N–H and O–H groups in total. The van der Waals surface area contributed by atoms with Crippen LogP contribution in [-0.2, 0) is 6.42 Å². The van der Waals surface area contributed by atoms with Crippen molar-refractivity contribution < 1.29 is 23.7 Å². The van der Waals surface area contributed by atoms with Crippen LogP contribution in [-0.4, -0.2) is 93.3 Å². The Morgan fingerprint density at radius 3 is 2.76 bits per heavy atom. The summed E-state index contributed by atoms with van der Waals surface area (Å²) >= 11 is 0. The largest absolute Gasteiger partial charge is 0.508 e. The number of hydrogen-bond acceptors (Lipinski definition) is 9. The number of fused-ring (bicyclic) bond motifs is 5. The predicted molar refractivity (Wildman–Crippen MR) is 153 cm³/mol. The molecule has 1 aromatic carbocycles. The van der Waals surface area contributed by atoms with E-state index in [1.54, 1.807) is 12.3 Å². The molecule has 0 saturated carbocycles. The molecule has 11 heteroatoms. The van der Waals surface area contributed by atoms with Crippen LogP contribution in [0.4, 0.5) is 14.6 Å². The van der Waals surface area contributed by atoms with E-state index in [-0.39, 0.29) is 47.6 Å². The minimum atomic E-state index is -0.879. The van der Waals surface area contributed by atoms with E-state index >= 15 is 4.39 Å². The van der Waals surface area contributed by atoms with Crippen LogP contribution in [0.15, 0.2) is 18.3 Å². The van der Waals surface area contributed by atoms with Gasteiger partial charge in [-0.1, -0.05) is 0 Å². The number of aromatic hydroxyl groups is 1. The van der Waals surface area contributed by atoms with Crippen LogP contribution in [0.3, 0.4) is 0 Å². The Kier molecular flexibility index (Phi) is 6.28. The minimum absolute atomic E-state index is 0.0374. The molecular formula is C31H36F2N6O3. The zero-order valence-electron chi connectivity index (χ0n) is 23.5. The minimum Gasteiger partial charge on any atom is -0.508 e. The molecule has 222 valence electrons. The molecule has 0 radical (unpaired) electrons. The third-order valence-electron chi connectivity index (χ3n) is 10.3. The molecule has 6 heterocycles. The lowest BCUT2D eigenvalue weighted by molar-refractivity contribution is 0.107. The number of piperazine rings is 1. The van der Waals surface area contributed by atoms with Gasteiger partial charge in [0.25, 0.3) is 0 Å². The van der Waals surface area contributed by atoms with Gasteiger partial charge in [0, 0.05) is 62.4 Å². The average Bonchev–Trinajstić information content (AvgIpc) is 3.73. The summed E-state index contributed by atoms with van der Waals surface area (Å²) in [5.41, 5.74) is 2.02. The monoisotopic (exact) mass is 578 g/mol. The van der Waals surface area contributed by atoms with Crippen molar-refractivity contribution in [2.75, 3.05) is 44.3 Å². The van der Waals surface area contributed by atoms with Crippen molar-refractivity contribution in [2.24, 2.45) is 0 Å². The van der Waals surface area contributed by atoms with Gasteiger partial charge in [-0.05, 0) is 68.3 Å².